The zero-order valence-corrected chi connectivity index (χ0v) is 11.9. The highest BCUT2D eigenvalue weighted by Gasteiger charge is 2.49. The maximum atomic E-state index is 12.4. The Kier molecular flexibility index (Phi) is 3.12. The number of furan rings is 1. The number of carbonyl (C=O) groups is 2. The summed E-state index contributed by atoms with van der Waals surface area (Å²) in [5, 5.41) is 0. The Morgan fingerprint density at radius 3 is 2.84 bits per heavy atom. The van der Waals surface area contributed by atoms with Crippen LogP contribution in [0.2, 0.25) is 0 Å². The number of amides is 2. The van der Waals surface area contributed by atoms with Gasteiger partial charge in [-0.2, -0.15) is 0 Å². The van der Waals surface area contributed by atoms with Crippen molar-refractivity contribution < 1.29 is 14.0 Å². The first-order valence-corrected chi connectivity index (χ1v) is 7.21. The van der Waals surface area contributed by atoms with E-state index in [2.05, 4.69) is 15.9 Å². The zero-order chi connectivity index (χ0) is 13.6. The fraction of sp³-hybridized carbons (Fsp3) is 0.538. The van der Waals surface area contributed by atoms with Gasteiger partial charge in [0.25, 0.3) is 5.91 Å². The van der Waals surface area contributed by atoms with Crippen LogP contribution in [0.15, 0.2) is 21.2 Å². The molecule has 1 aliphatic carbocycles. The van der Waals surface area contributed by atoms with Crippen molar-refractivity contribution in [2.24, 2.45) is 17.6 Å². The first-order valence-electron chi connectivity index (χ1n) is 6.42. The molecule has 3 unspecified atom stereocenters. The molecular formula is C13H15BrN2O3. The molecule has 1 saturated heterocycles. The predicted octanol–water partition coefficient (Wildman–Crippen LogP) is 1.77. The van der Waals surface area contributed by atoms with E-state index in [1.54, 1.807) is 11.0 Å². The number of carbonyl (C=O) groups excluding carboxylic acids is 2. The molecule has 6 heteroatoms. The molecule has 0 spiro atoms. The van der Waals surface area contributed by atoms with Crippen LogP contribution < -0.4 is 5.73 Å². The second-order valence-electron chi connectivity index (χ2n) is 5.29. The third-order valence-electron chi connectivity index (χ3n) is 4.22. The van der Waals surface area contributed by atoms with Crippen LogP contribution in [0.25, 0.3) is 0 Å². The van der Waals surface area contributed by atoms with Gasteiger partial charge in [0.1, 0.15) is 12.3 Å². The highest BCUT2D eigenvalue weighted by Crippen LogP contribution is 2.42. The van der Waals surface area contributed by atoms with E-state index in [1.807, 2.05) is 0 Å². The molecule has 1 aliphatic heterocycles. The van der Waals surface area contributed by atoms with Gasteiger partial charge in [0.05, 0.1) is 4.47 Å². The Morgan fingerprint density at radius 1 is 1.42 bits per heavy atom. The molecule has 1 saturated carbocycles. The van der Waals surface area contributed by atoms with Crippen molar-refractivity contribution in [2.75, 3.05) is 6.54 Å². The predicted molar refractivity (Wildman–Crippen MR) is 71.3 cm³/mol. The average Bonchev–Trinajstić information content (AvgIpc) is 3.00. The van der Waals surface area contributed by atoms with Gasteiger partial charge in [0, 0.05) is 12.6 Å². The molecule has 2 heterocycles. The minimum absolute atomic E-state index is 0.222. The van der Waals surface area contributed by atoms with Crippen LogP contribution in [0.3, 0.4) is 0 Å². The van der Waals surface area contributed by atoms with E-state index in [9.17, 15) is 9.59 Å². The molecule has 2 aliphatic rings. The molecule has 2 fully saturated rings. The Bertz CT molecular complexity index is 528. The van der Waals surface area contributed by atoms with Crippen molar-refractivity contribution in [3.63, 3.8) is 0 Å². The number of halogens is 1. The van der Waals surface area contributed by atoms with Gasteiger partial charge in [-0.05, 0) is 40.6 Å². The topological polar surface area (TPSA) is 76.5 Å². The number of nitrogens with zero attached hydrogens (tertiary/aromatic N) is 1. The van der Waals surface area contributed by atoms with E-state index in [4.69, 9.17) is 10.2 Å². The summed E-state index contributed by atoms with van der Waals surface area (Å²) in [5.41, 5.74) is 5.49. The largest absolute Gasteiger partial charge is 0.458 e. The van der Waals surface area contributed by atoms with Crippen molar-refractivity contribution in [1.29, 1.82) is 0 Å². The van der Waals surface area contributed by atoms with E-state index in [0.717, 1.165) is 19.3 Å². The first-order chi connectivity index (χ1) is 9.08. The minimum atomic E-state index is -0.483. The van der Waals surface area contributed by atoms with E-state index < -0.39 is 11.9 Å². The lowest BCUT2D eigenvalue weighted by molar-refractivity contribution is -0.122. The van der Waals surface area contributed by atoms with Gasteiger partial charge in [0.15, 0.2) is 5.76 Å². The second-order valence-corrected chi connectivity index (χ2v) is 6.20. The summed E-state index contributed by atoms with van der Waals surface area (Å²) in [5.74, 6) is 0.218. The molecule has 1 aromatic rings. The summed E-state index contributed by atoms with van der Waals surface area (Å²) >= 11 is 3.25. The Morgan fingerprint density at radius 2 is 2.21 bits per heavy atom. The molecule has 0 aromatic carbocycles. The van der Waals surface area contributed by atoms with Crippen LogP contribution in [-0.2, 0) is 4.79 Å². The Hall–Kier alpha value is -1.30. The number of nitrogens with two attached hydrogens (primary N) is 1. The van der Waals surface area contributed by atoms with Gasteiger partial charge in [0.2, 0.25) is 5.91 Å². The standard InChI is InChI=1S/C13H15BrN2O3/c14-8-4-10(19-6-8)13(18)16-5-7-2-1-3-9(7)11(16)12(15)17/h4,6-7,9,11H,1-3,5H2,(H2,15,17). The number of fused-ring (bicyclic) bond motifs is 1. The number of likely N-dealkylation sites (tertiary alicyclic amines) is 1. The van der Waals surface area contributed by atoms with Crippen LogP contribution in [0.1, 0.15) is 29.8 Å². The molecule has 19 heavy (non-hydrogen) atoms. The van der Waals surface area contributed by atoms with E-state index in [-0.39, 0.29) is 17.6 Å². The SMILES string of the molecule is NC(=O)C1C2CCCC2CN1C(=O)c1cc(Br)co1. The molecule has 5 nitrogen and oxygen atoms in total. The fourth-order valence-corrected chi connectivity index (χ4v) is 3.75. The Labute approximate surface area is 119 Å². The highest BCUT2D eigenvalue weighted by molar-refractivity contribution is 9.10. The fourth-order valence-electron chi connectivity index (χ4n) is 3.45. The molecular weight excluding hydrogens is 312 g/mol. The molecule has 1 aromatic heterocycles. The third-order valence-corrected chi connectivity index (χ3v) is 4.64. The van der Waals surface area contributed by atoms with Crippen molar-refractivity contribution in [3.05, 3.63) is 22.6 Å². The molecule has 0 radical (unpaired) electrons. The smallest absolute Gasteiger partial charge is 0.290 e. The van der Waals surface area contributed by atoms with Crippen LogP contribution >= 0.6 is 15.9 Å². The van der Waals surface area contributed by atoms with Gasteiger partial charge in [-0.25, -0.2) is 0 Å². The van der Waals surface area contributed by atoms with Crippen LogP contribution in [0.4, 0.5) is 0 Å². The van der Waals surface area contributed by atoms with Gasteiger partial charge >= 0.3 is 0 Å². The average molecular weight is 327 g/mol. The van der Waals surface area contributed by atoms with E-state index in [1.165, 1.54) is 6.26 Å². The first kappa shape index (κ1) is 12.7. The third kappa shape index (κ3) is 2.08. The molecule has 102 valence electrons. The zero-order valence-electron chi connectivity index (χ0n) is 10.3. The number of rotatable bonds is 2. The molecule has 3 atom stereocenters. The maximum absolute atomic E-state index is 12.4. The van der Waals surface area contributed by atoms with Crippen molar-refractivity contribution >= 4 is 27.7 Å². The number of hydrogen-bond donors (Lipinski definition) is 1. The van der Waals surface area contributed by atoms with E-state index >= 15 is 0 Å². The highest BCUT2D eigenvalue weighted by atomic mass is 79.9. The quantitative estimate of drug-likeness (QED) is 0.899. The van der Waals surface area contributed by atoms with Crippen LogP contribution in [0.5, 0.6) is 0 Å². The van der Waals surface area contributed by atoms with E-state index in [0.29, 0.717) is 16.9 Å². The van der Waals surface area contributed by atoms with Crippen LogP contribution in [-0.4, -0.2) is 29.3 Å². The summed E-state index contributed by atoms with van der Waals surface area (Å²) in [4.78, 5) is 25.7. The van der Waals surface area contributed by atoms with Gasteiger partial charge in [-0.3, -0.25) is 9.59 Å². The van der Waals surface area contributed by atoms with Gasteiger partial charge in [-0.15, -0.1) is 0 Å². The normalized spacial score (nSPS) is 29.5. The van der Waals surface area contributed by atoms with Gasteiger partial charge < -0.3 is 15.1 Å². The monoisotopic (exact) mass is 326 g/mol. The van der Waals surface area contributed by atoms with Crippen LogP contribution in [0, 0.1) is 11.8 Å². The molecule has 3 rings (SSSR count). The van der Waals surface area contributed by atoms with Crippen molar-refractivity contribution in [3.8, 4) is 0 Å². The lowest BCUT2D eigenvalue weighted by Crippen LogP contribution is -2.46. The lowest BCUT2D eigenvalue weighted by Gasteiger charge is -2.24. The summed E-state index contributed by atoms with van der Waals surface area (Å²) in [6.07, 6.45) is 4.63. The molecule has 2 amide bonds. The number of hydrogen-bond acceptors (Lipinski definition) is 3. The summed E-state index contributed by atoms with van der Waals surface area (Å²) in [6, 6.07) is 1.14. The summed E-state index contributed by atoms with van der Waals surface area (Å²) in [7, 11) is 0. The molecule has 2 N–H and O–H groups in total. The lowest BCUT2D eigenvalue weighted by atomic mass is 9.94. The minimum Gasteiger partial charge on any atom is -0.458 e. The number of primary amides is 1. The Balaban J connectivity index is 1.87. The van der Waals surface area contributed by atoms with Gasteiger partial charge in [-0.1, -0.05) is 6.42 Å². The summed E-state index contributed by atoms with van der Waals surface area (Å²) in [6.45, 7) is 0.607. The van der Waals surface area contributed by atoms with Crippen molar-refractivity contribution in [2.45, 2.75) is 25.3 Å². The maximum Gasteiger partial charge on any atom is 0.290 e. The van der Waals surface area contributed by atoms with Crippen molar-refractivity contribution in [1.82, 2.24) is 4.90 Å². The second kappa shape index (κ2) is 4.67. The molecule has 0 bridgehead atoms. The summed E-state index contributed by atoms with van der Waals surface area (Å²) < 4.78 is 5.91.